The fourth-order valence-corrected chi connectivity index (χ4v) is 1.91. The first-order chi connectivity index (χ1) is 9.15. The molecule has 2 aromatic rings. The van der Waals surface area contributed by atoms with Crippen LogP contribution in [0.3, 0.4) is 0 Å². The Morgan fingerprint density at radius 1 is 1.32 bits per heavy atom. The molecule has 1 aromatic carbocycles. The summed E-state index contributed by atoms with van der Waals surface area (Å²) in [5.41, 5.74) is 6.42. The molecule has 2 rings (SSSR count). The van der Waals surface area contributed by atoms with Crippen molar-refractivity contribution in [2.24, 2.45) is 0 Å². The molecule has 0 saturated heterocycles. The van der Waals surface area contributed by atoms with Crippen LogP contribution in [-0.4, -0.2) is 29.7 Å². The van der Waals surface area contributed by atoms with Crippen molar-refractivity contribution in [3.8, 4) is 11.5 Å². The lowest BCUT2D eigenvalue weighted by molar-refractivity contribution is 0.102. The molecule has 7 nitrogen and oxygen atoms in total. The fourth-order valence-electron chi connectivity index (χ4n) is 1.49. The molecule has 0 atom stereocenters. The maximum Gasteiger partial charge on any atom is 0.258 e. The molecule has 0 aliphatic carbocycles. The number of rotatable bonds is 4. The lowest BCUT2D eigenvalue weighted by atomic mass is 10.1. The summed E-state index contributed by atoms with van der Waals surface area (Å²) in [7, 11) is 2.99. The minimum atomic E-state index is -0.357. The van der Waals surface area contributed by atoms with Crippen LogP contribution in [0, 0.1) is 0 Å². The van der Waals surface area contributed by atoms with Gasteiger partial charge < -0.3 is 20.5 Å². The molecule has 0 unspecified atom stereocenters. The van der Waals surface area contributed by atoms with Gasteiger partial charge in [0.15, 0.2) is 11.5 Å². The summed E-state index contributed by atoms with van der Waals surface area (Å²) in [6, 6.07) is 3.07. The summed E-state index contributed by atoms with van der Waals surface area (Å²) in [5, 5.41) is 6.82. The van der Waals surface area contributed by atoms with Gasteiger partial charge in [-0.25, -0.2) is 0 Å². The van der Waals surface area contributed by atoms with E-state index in [9.17, 15) is 4.79 Å². The second-order valence-electron chi connectivity index (χ2n) is 3.53. The number of methoxy groups -OCH3 is 2. The normalized spacial score (nSPS) is 10.0. The van der Waals surface area contributed by atoms with Gasteiger partial charge in [-0.15, -0.1) is 5.10 Å². The van der Waals surface area contributed by atoms with Crippen LogP contribution in [0.1, 0.15) is 10.4 Å². The van der Waals surface area contributed by atoms with Crippen LogP contribution in [0.25, 0.3) is 0 Å². The molecule has 1 amide bonds. The number of carbonyl (C=O) groups is 1. The van der Waals surface area contributed by atoms with Crippen LogP contribution in [0.15, 0.2) is 18.3 Å². The minimum absolute atomic E-state index is 0.297. The molecular formula is C11H12N4O3S. The second-order valence-corrected chi connectivity index (χ2v) is 4.32. The molecule has 0 aliphatic heterocycles. The first-order valence-electron chi connectivity index (χ1n) is 5.26. The zero-order chi connectivity index (χ0) is 13.8. The van der Waals surface area contributed by atoms with E-state index >= 15 is 0 Å². The van der Waals surface area contributed by atoms with E-state index in [0.29, 0.717) is 27.8 Å². The first kappa shape index (κ1) is 13.1. The Morgan fingerprint density at radius 2 is 2.00 bits per heavy atom. The number of ether oxygens (including phenoxy) is 2. The Balaban J connectivity index is 2.31. The molecule has 0 fully saturated rings. The summed E-state index contributed by atoms with van der Waals surface area (Å²) in [6.45, 7) is 0. The van der Waals surface area contributed by atoms with E-state index in [4.69, 9.17) is 15.2 Å². The molecule has 0 radical (unpaired) electrons. The van der Waals surface area contributed by atoms with Gasteiger partial charge in [0.05, 0.1) is 26.0 Å². The average molecular weight is 280 g/mol. The molecule has 100 valence electrons. The Bertz CT molecular complexity index is 586. The van der Waals surface area contributed by atoms with E-state index in [2.05, 4.69) is 14.9 Å². The summed E-state index contributed by atoms with van der Waals surface area (Å²) in [5.74, 6) is 0.546. The van der Waals surface area contributed by atoms with Crippen molar-refractivity contribution in [1.29, 1.82) is 0 Å². The number of nitrogens with one attached hydrogen (secondary N) is 1. The summed E-state index contributed by atoms with van der Waals surface area (Å²) in [4.78, 5) is 12.1. The number of benzene rings is 1. The molecule has 1 heterocycles. The predicted molar refractivity (Wildman–Crippen MR) is 71.8 cm³/mol. The fraction of sp³-hybridized carbons (Fsp3) is 0.182. The van der Waals surface area contributed by atoms with Crippen LogP contribution in [-0.2, 0) is 0 Å². The quantitative estimate of drug-likeness (QED) is 0.821. The number of carbonyl (C=O) groups excluding carboxylic acids is 1. The van der Waals surface area contributed by atoms with Gasteiger partial charge in [0.25, 0.3) is 5.91 Å². The maximum atomic E-state index is 12.1. The Morgan fingerprint density at radius 3 is 2.58 bits per heavy atom. The third kappa shape index (κ3) is 2.74. The highest BCUT2D eigenvalue weighted by Gasteiger charge is 2.16. The second kappa shape index (κ2) is 5.53. The SMILES string of the molecule is COc1cc(N)c(C(=O)Nc2cnns2)cc1OC. The third-order valence-electron chi connectivity index (χ3n) is 2.40. The van der Waals surface area contributed by atoms with Crippen LogP contribution >= 0.6 is 11.5 Å². The monoisotopic (exact) mass is 280 g/mol. The molecule has 0 bridgehead atoms. The third-order valence-corrected chi connectivity index (χ3v) is 2.98. The molecule has 0 aliphatic rings. The molecule has 3 N–H and O–H groups in total. The lowest BCUT2D eigenvalue weighted by Crippen LogP contribution is -2.13. The number of nitrogen functional groups attached to an aromatic ring is 1. The number of nitrogens with zero attached hydrogens (tertiary/aromatic N) is 2. The first-order valence-corrected chi connectivity index (χ1v) is 6.03. The predicted octanol–water partition coefficient (Wildman–Crippen LogP) is 1.39. The van der Waals surface area contributed by atoms with E-state index < -0.39 is 0 Å². The highest BCUT2D eigenvalue weighted by molar-refractivity contribution is 7.10. The number of amides is 1. The minimum Gasteiger partial charge on any atom is -0.493 e. The highest BCUT2D eigenvalue weighted by atomic mass is 32.1. The zero-order valence-corrected chi connectivity index (χ0v) is 11.2. The number of aromatic nitrogens is 2. The average Bonchev–Trinajstić information content (AvgIpc) is 2.90. The Hall–Kier alpha value is -2.35. The van der Waals surface area contributed by atoms with Gasteiger partial charge in [-0.2, -0.15) is 0 Å². The van der Waals surface area contributed by atoms with E-state index in [1.165, 1.54) is 26.5 Å². The molecular weight excluding hydrogens is 268 g/mol. The highest BCUT2D eigenvalue weighted by Crippen LogP contribution is 2.32. The van der Waals surface area contributed by atoms with Crippen molar-refractivity contribution in [3.63, 3.8) is 0 Å². The van der Waals surface area contributed by atoms with Crippen LogP contribution in [0.4, 0.5) is 10.7 Å². The van der Waals surface area contributed by atoms with Gasteiger partial charge >= 0.3 is 0 Å². The smallest absolute Gasteiger partial charge is 0.258 e. The van der Waals surface area contributed by atoms with Crippen LogP contribution in [0.5, 0.6) is 11.5 Å². The summed E-state index contributed by atoms with van der Waals surface area (Å²) >= 11 is 1.08. The number of nitrogens with two attached hydrogens (primary N) is 1. The van der Waals surface area contributed by atoms with E-state index in [-0.39, 0.29) is 5.91 Å². The van der Waals surface area contributed by atoms with Gasteiger partial charge in [0.1, 0.15) is 5.00 Å². The van der Waals surface area contributed by atoms with Crippen molar-refractivity contribution >= 4 is 28.1 Å². The topological polar surface area (TPSA) is 99.4 Å². The summed E-state index contributed by atoms with van der Waals surface area (Å²) in [6.07, 6.45) is 1.46. The van der Waals surface area contributed by atoms with Crippen molar-refractivity contribution in [1.82, 2.24) is 9.59 Å². The van der Waals surface area contributed by atoms with Gasteiger partial charge in [-0.05, 0) is 6.07 Å². The van der Waals surface area contributed by atoms with Crippen molar-refractivity contribution in [3.05, 3.63) is 23.9 Å². The van der Waals surface area contributed by atoms with E-state index in [1.807, 2.05) is 0 Å². The molecule has 0 spiro atoms. The standard InChI is InChI=1S/C11H12N4O3S/c1-17-8-3-6(7(12)4-9(8)18-2)11(16)14-10-5-13-15-19-10/h3-5H,12H2,1-2H3,(H,14,16). The van der Waals surface area contributed by atoms with Crippen molar-refractivity contribution in [2.45, 2.75) is 0 Å². The molecule has 1 aromatic heterocycles. The van der Waals surface area contributed by atoms with Gasteiger partial charge in [-0.3, -0.25) is 4.79 Å². The largest absolute Gasteiger partial charge is 0.493 e. The van der Waals surface area contributed by atoms with E-state index in [0.717, 1.165) is 11.5 Å². The van der Waals surface area contributed by atoms with Crippen molar-refractivity contribution in [2.75, 3.05) is 25.3 Å². The molecule has 0 saturated carbocycles. The number of hydrogen-bond donors (Lipinski definition) is 2. The molecule has 19 heavy (non-hydrogen) atoms. The van der Waals surface area contributed by atoms with Crippen molar-refractivity contribution < 1.29 is 14.3 Å². The zero-order valence-electron chi connectivity index (χ0n) is 10.3. The Labute approximate surface area is 113 Å². The van der Waals surface area contributed by atoms with Crippen LogP contribution in [0.2, 0.25) is 0 Å². The number of hydrogen-bond acceptors (Lipinski definition) is 7. The van der Waals surface area contributed by atoms with Crippen LogP contribution < -0.4 is 20.5 Å². The lowest BCUT2D eigenvalue weighted by Gasteiger charge is -2.11. The van der Waals surface area contributed by atoms with Gasteiger partial charge in [0.2, 0.25) is 0 Å². The summed E-state index contributed by atoms with van der Waals surface area (Å²) < 4.78 is 13.9. The maximum absolute atomic E-state index is 12.1. The molecule has 8 heteroatoms. The van der Waals surface area contributed by atoms with Gasteiger partial charge in [-0.1, -0.05) is 4.49 Å². The van der Waals surface area contributed by atoms with Gasteiger partial charge in [0, 0.05) is 23.3 Å². The van der Waals surface area contributed by atoms with E-state index in [1.54, 1.807) is 6.07 Å². The Kier molecular flexibility index (Phi) is 3.81. The number of anilines is 2.